The SMILES string of the molecule is O=C(O)c1cc(-c2ccc(C=C3SC(=S)N(c4cccc([N+](=O)[O-])c4)C3=O)o2)ccc1Cl. The second kappa shape index (κ2) is 8.58. The van der Waals surface area contributed by atoms with Gasteiger partial charge >= 0.3 is 5.97 Å². The first-order valence-electron chi connectivity index (χ1n) is 8.90. The number of hydrogen-bond acceptors (Lipinski definition) is 7. The third-order valence-corrected chi connectivity index (χ3v) is 6.11. The van der Waals surface area contributed by atoms with Crippen LogP contribution in [-0.2, 0) is 4.79 Å². The van der Waals surface area contributed by atoms with Crippen molar-refractivity contribution in [2.75, 3.05) is 4.90 Å². The van der Waals surface area contributed by atoms with E-state index in [0.29, 0.717) is 22.8 Å². The minimum Gasteiger partial charge on any atom is -0.478 e. The molecule has 0 aliphatic carbocycles. The van der Waals surface area contributed by atoms with E-state index in [-0.39, 0.29) is 25.5 Å². The van der Waals surface area contributed by atoms with Crippen LogP contribution < -0.4 is 4.90 Å². The molecule has 32 heavy (non-hydrogen) atoms. The summed E-state index contributed by atoms with van der Waals surface area (Å²) in [6.07, 6.45) is 1.51. The third-order valence-electron chi connectivity index (χ3n) is 4.47. The number of thioether (sulfide) groups is 1. The average molecular weight is 487 g/mol. The van der Waals surface area contributed by atoms with Crippen molar-refractivity contribution >= 4 is 69.2 Å². The fraction of sp³-hybridized carbons (Fsp3) is 0. The maximum Gasteiger partial charge on any atom is 0.337 e. The number of carbonyl (C=O) groups is 2. The molecular weight excluding hydrogens is 476 g/mol. The van der Waals surface area contributed by atoms with Crippen LogP contribution in [0, 0.1) is 10.1 Å². The summed E-state index contributed by atoms with van der Waals surface area (Å²) < 4.78 is 5.99. The van der Waals surface area contributed by atoms with Gasteiger partial charge in [0.15, 0.2) is 4.32 Å². The fourth-order valence-corrected chi connectivity index (χ4v) is 4.47. The van der Waals surface area contributed by atoms with Crippen LogP contribution in [0.2, 0.25) is 5.02 Å². The molecule has 0 radical (unpaired) electrons. The lowest BCUT2D eigenvalue weighted by Gasteiger charge is -2.13. The number of carboxylic acids is 1. The zero-order valence-corrected chi connectivity index (χ0v) is 18.2. The Balaban J connectivity index is 1.62. The van der Waals surface area contributed by atoms with E-state index in [2.05, 4.69) is 0 Å². The van der Waals surface area contributed by atoms with Crippen LogP contribution in [0.4, 0.5) is 11.4 Å². The predicted molar refractivity (Wildman–Crippen MR) is 125 cm³/mol. The number of nitro groups is 1. The van der Waals surface area contributed by atoms with E-state index < -0.39 is 16.8 Å². The van der Waals surface area contributed by atoms with Crippen molar-refractivity contribution in [2.24, 2.45) is 0 Å². The maximum absolute atomic E-state index is 12.9. The lowest BCUT2D eigenvalue weighted by molar-refractivity contribution is -0.384. The Kier molecular flexibility index (Phi) is 5.83. The van der Waals surface area contributed by atoms with Crippen molar-refractivity contribution < 1.29 is 24.0 Å². The molecule has 0 unspecified atom stereocenters. The summed E-state index contributed by atoms with van der Waals surface area (Å²) >= 11 is 12.2. The van der Waals surface area contributed by atoms with Gasteiger partial charge in [-0.25, -0.2) is 4.79 Å². The van der Waals surface area contributed by atoms with Crippen molar-refractivity contribution in [1.82, 2.24) is 0 Å². The van der Waals surface area contributed by atoms with Gasteiger partial charge in [-0.15, -0.1) is 0 Å². The number of amides is 1. The van der Waals surface area contributed by atoms with E-state index in [1.165, 1.54) is 41.3 Å². The Morgan fingerprint density at radius 1 is 1.22 bits per heavy atom. The largest absolute Gasteiger partial charge is 0.478 e. The molecule has 3 aromatic rings. The van der Waals surface area contributed by atoms with Crippen molar-refractivity contribution in [1.29, 1.82) is 0 Å². The molecule has 2 aromatic carbocycles. The molecule has 1 fully saturated rings. The first-order chi connectivity index (χ1) is 15.2. The number of nitro benzene ring substituents is 1. The summed E-state index contributed by atoms with van der Waals surface area (Å²) in [6, 6.07) is 13.4. The van der Waals surface area contributed by atoms with E-state index in [0.717, 1.165) is 11.8 Å². The Bertz CT molecular complexity index is 1330. The van der Waals surface area contributed by atoms with Crippen LogP contribution in [0.3, 0.4) is 0 Å². The van der Waals surface area contributed by atoms with Crippen molar-refractivity contribution in [2.45, 2.75) is 0 Å². The highest BCUT2D eigenvalue weighted by molar-refractivity contribution is 8.27. The summed E-state index contributed by atoms with van der Waals surface area (Å²) in [4.78, 5) is 36.2. The highest BCUT2D eigenvalue weighted by Crippen LogP contribution is 2.37. The number of carboxylic acid groups (broad SMARTS) is 1. The molecule has 1 amide bonds. The Morgan fingerprint density at radius 2 is 2.00 bits per heavy atom. The topological polar surface area (TPSA) is 114 Å². The maximum atomic E-state index is 12.9. The number of rotatable bonds is 5. The van der Waals surface area contributed by atoms with Crippen LogP contribution in [0.25, 0.3) is 17.4 Å². The Morgan fingerprint density at radius 3 is 2.72 bits per heavy atom. The smallest absolute Gasteiger partial charge is 0.337 e. The van der Waals surface area contributed by atoms with Gasteiger partial charge in [0.05, 0.1) is 26.1 Å². The molecule has 1 aliphatic heterocycles. The van der Waals surface area contributed by atoms with Gasteiger partial charge in [-0.1, -0.05) is 41.6 Å². The molecule has 0 bridgehead atoms. The second-order valence-corrected chi connectivity index (χ2v) is 8.58. The lowest BCUT2D eigenvalue weighted by Crippen LogP contribution is -2.27. The number of anilines is 1. The first-order valence-corrected chi connectivity index (χ1v) is 10.5. The molecule has 0 atom stereocenters. The average Bonchev–Trinajstić information content (AvgIpc) is 3.32. The number of non-ortho nitro benzene ring substituents is 1. The monoisotopic (exact) mass is 486 g/mol. The van der Waals surface area contributed by atoms with Gasteiger partial charge in [0, 0.05) is 23.8 Å². The molecule has 160 valence electrons. The van der Waals surface area contributed by atoms with Gasteiger partial charge in [0.25, 0.3) is 11.6 Å². The quantitative estimate of drug-likeness (QED) is 0.214. The Hall–Kier alpha value is -3.47. The number of hydrogen-bond donors (Lipinski definition) is 1. The van der Waals surface area contributed by atoms with Crippen LogP contribution in [-0.4, -0.2) is 26.2 Å². The van der Waals surface area contributed by atoms with Crippen LogP contribution in [0.5, 0.6) is 0 Å². The van der Waals surface area contributed by atoms with E-state index in [4.69, 9.17) is 28.2 Å². The first kappa shape index (κ1) is 21.8. The number of nitrogens with zero attached hydrogens (tertiary/aromatic N) is 2. The standard InChI is InChI=1S/C21H11ClN2O6S2/c22-16-6-4-11(8-15(16)20(26)27)17-7-5-14(30-17)10-18-19(25)23(21(31)32-18)12-2-1-3-13(9-12)24(28)29/h1-10H,(H,26,27). The van der Waals surface area contributed by atoms with Crippen molar-refractivity contribution in [3.8, 4) is 11.3 Å². The number of halogens is 1. The molecule has 1 saturated heterocycles. The van der Waals surface area contributed by atoms with Crippen molar-refractivity contribution in [3.63, 3.8) is 0 Å². The summed E-state index contributed by atoms with van der Waals surface area (Å²) in [5.74, 6) is -0.845. The highest BCUT2D eigenvalue weighted by atomic mass is 35.5. The number of aromatic carboxylic acids is 1. The van der Waals surface area contributed by atoms with Gasteiger partial charge in [0.2, 0.25) is 0 Å². The molecule has 0 saturated carbocycles. The van der Waals surface area contributed by atoms with Gasteiger partial charge in [-0.05, 0) is 36.4 Å². The fourth-order valence-electron chi connectivity index (χ4n) is 2.99. The Labute approximate surface area is 195 Å². The van der Waals surface area contributed by atoms with Crippen LogP contribution >= 0.6 is 35.6 Å². The molecule has 4 rings (SSSR count). The molecule has 0 spiro atoms. The highest BCUT2D eigenvalue weighted by Gasteiger charge is 2.34. The molecular formula is C21H11ClN2O6S2. The van der Waals surface area contributed by atoms with E-state index in [1.54, 1.807) is 24.3 Å². The number of carbonyl (C=O) groups excluding carboxylic acids is 1. The van der Waals surface area contributed by atoms with Gasteiger partial charge in [-0.3, -0.25) is 19.8 Å². The zero-order valence-electron chi connectivity index (χ0n) is 15.9. The third kappa shape index (κ3) is 4.15. The molecule has 1 aromatic heterocycles. The molecule has 11 heteroatoms. The molecule has 2 heterocycles. The van der Waals surface area contributed by atoms with Gasteiger partial charge < -0.3 is 9.52 Å². The van der Waals surface area contributed by atoms with Crippen LogP contribution in [0.1, 0.15) is 16.1 Å². The van der Waals surface area contributed by atoms with E-state index in [9.17, 15) is 24.8 Å². The van der Waals surface area contributed by atoms with Gasteiger partial charge in [-0.2, -0.15) is 0 Å². The lowest BCUT2D eigenvalue weighted by atomic mass is 10.1. The number of furan rings is 1. The summed E-state index contributed by atoms with van der Waals surface area (Å²) in [6.45, 7) is 0. The summed E-state index contributed by atoms with van der Waals surface area (Å²) in [5.41, 5.74) is 0.600. The number of benzene rings is 2. The minimum atomic E-state index is -1.16. The summed E-state index contributed by atoms with van der Waals surface area (Å²) in [5, 5.41) is 20.4. The van der Waals surface area contributed by atoms with E-state index in [1.807, 2.05) is 0 Å². The molecule has 8 nitrogen and oxygen atoms in total. The second-order valence-electron chi connectivity index (χ2n) is 6.50. The zero-order chi connectivity index (χ0) is 23.0. The van der Waals surface area contributed by atoms with Gasteiger partial charge in [0.1, 0.15) is 11.5 Å². The molecule has 1 aliphatic rings. The summed E-state index contributed by atoms with van der Waals surface area (Å²) in [7, 11) is 0. The normalized spacial score (nSPS) is 14.9. The predicted octanol–water partition coefficient (Wildman–Crippen LogP) is 5.61. The van der Waals surface area contributed by atoms with Crippen LogP contribution in [0.15, 0.2) is 63.9 Å². The number of thiocarbonyl (C=S) groups is 1. The molecule has 1 N–H and O–H groups in total. The van der Waals surface area contributed by atoms with E-state index >= 15 is 0 Å². The minimum absolute atomic E-state index is 0.0556. The van der Waals surface area contributed by atoms with Crippen molar-refractivity contribution in [3.05, 3.63) is 86.0 Å².